The molecule has 2 rings (SSSR count). The molecule has 1 atom stereocenters. The minimum absolute atomic E-state index is 0.0415. The Morgan fingerprint density at radius 2 is 2.00 bits per heavy atom. The molecular formula is C18H26N4O2. The molecule has 0 saturated heterocycles. The molecule has 3 N–H and O–H groups in total. The first-order valence-electron chi connectivity index (χ1n) is 8.10. The molecule has 6 nitrogen and oxygen atoms in total. The average molecular weight is 330 g/mol. The van der Waals surface area contributed by atoms with Crippen LogP contribution in [-0.2, 0) is 0 Å². The van der Waals surface area contributed by atoms with Crippen molar-refractivity contribution in [1.82, 2.24) is 15.1 Å². The number of nitrogens with one attached hydrogen (secondary N) is 2. The first kappa shape index (κ1) is 18.0. The molecule has 0 saturated carbocycles. The second kappa shape index (κ2) is 7.05. The lowest BCUT2D eigenvalue weighted by molar-refractivity contribution is 0.0170. The van der Waals surface area contributed by atoms with E-state index >= 15 is 0 Å². The van der Waals surface area contributed by atoms with Gasteiger partial charge in [-0.2, -0.15) is 5.10 Å². The summed E-state index contributed by atoms with van der Waals surface area (Å²) in [5.74, 6) is 0.0415. The van der Waals surface area contributed by atoms with Crippen LogP contribution in [0.25, 0.3) is 5.69 Å². The highest BCUT2D eigenvalue weighted by Crippen LogP contribution is 2.21. The van der Waals surface area contributed by atoms with Gasteiger partial charge in [-0.05, 0) is 44.9 Å². The van der Waals surface area contributed by atoms with Gasteiger partial charge in [-0.3, -0.25) is 0 Å². The average Bonchev–Trinajstić information content (AvgIpc) is 2.84. The number of aryl methyl sites for hydroxylation is 2. The third-order valence-electron chi connectivity index (χ3n) is 4.24. The van der Waals surface area contributed by atoms with Crippen molar-refractivity contribution >= 4 is 11.7 Å². The molecule has 24 heavy (non-hydrogen) atoms. The van der Waals surface area contributed by atoms with E-state index in [1.807, 2.05) is 58.0 Å². The number of carbonyl (C=O) groups excluding carboxylic acids is 1. The molecule has 0 aliphatic carbocycles. The van der Waals surface area contributed by atoms with Crippen LogP contribution < -0.4 is 10.6 Å². The van der Waals surface area contributed by atoms with Crippen LogP contribution in [0.4, 0.5) is 10.5 Å². The highest BCUT2D eigenvalue weighted by atomic mass is 16.3. The van der Waals surface area contributed by atoms with Gasteiger partial charge < -0.3 is 15.7 Å². The van der Waals surface area contributed by atoms with Crippen molar-refractivity contribution in [2.45, 2.75) is 40.2 Å². The normalized spacial score (nSPS) is 13.6. The lowest BCUT2D eigenvalue weighted by Gasteiger charge is -2.27. The molecule has 2 amide bonds. The lowest BCUT2D eigenvalue weighted by atomic mass is 9.93. The zero-order chi connectivity index (χ0) is 17.9. The van der Waals surface area contributed by atoms with Gasteiger partial charge in [0, 0.05) is 12.2 Å². The van der Waals surface area contributed by atoms with Gasteiger partial charge in [0.15, 0.2) is 0 Å². The van der Waals surface area contributed by atoms with Crippen LogP contribution in [0.3, 0.4) is 0 Å². The van der Waals surface area contributed by atoms with Gasteiger partial charge in [-0.25, -0.2) is 9.48 Å². The lowest BCUT2D eigenvalue weighted by Crippen LogP contribution is -2.45. The number of carbonyl (C=O) groups is 1. The van der Waals surface area contributed by atoms with Crippen molar-refractivity contribution in [3.63, 3.8) is 0 Å². The monoisotopic (exact) mass is 330 g/mol. The molecule has 0 aliphatic rings. The number of para-hydroxylation sites is 2. The van der Waals surface area contributed by atoms with E-state index in [1.165, 1.54) is 0 Å². The number of nitrogens with zero attached hydrogens (tertiary/aromatic N) is 2. The number of urea groups is 1. The topological polar surface area (TPSA) is 79.2 Å². The molecule has 2 aromatic rings. The van der Waals surface area contributed by atoms with Crippen LogP contribution in [0.5, 0.6) is 0 Å². The molecule has 1 unspecified atom stereocenters. The van der Waals surface area contributed by atoms with Gasteiger partial charge in [0.2, 0.25) is 0 Å². The van der Waals surface area contributed by atoms with E-state index in [-0.39, 0.29) is 18.5 Å². The Labute approximate surface area is 142 Å². The Bertz CT molecular complexity index is 720. The van der Waals surface area contributed by atoms with Crippen LogP contribution in [-0.4, -0.2) is 33.1 Å². The fraction of sp³-hybridized carbons (Fsp3) is 0.444. The van der Waals surface area contributed by atoms with Crippen molar-refractivity contribution in [3.8, 4) is 5.69 Å². The third-order valence-corrected chi connectivity index (χ3v) is 4.24. The van der Waals surface area contributed by atoms with Crippen molar-refractivity contribution in [2.75, 3.05) is 11.9 Å². The Morgan fingerprint density at radius 1 is 1.33 bits per heavy atom. The van der Waals surface area contributed by atoms with Crippen LogP contribution in [0.2, 0.25) is 0 Å². The standard InChI is InChI=1S/C18H26N4O2/c1-12(2)18(5,24)11-19-17(23)20-15-8-6-7-9-16(15)22-14(4)10-13(3)21-22/h6-10,12,24H,11H2,1-5H3,(H2,19,20,23). The molecule has 1 heterocycles. The fourth-order valence-corrected chi connectivity index (χ4v) is 2.27. The summed E-state index contributed by atoms with van der Waals surface area (Å²) in [7, 11) is 0. The summed E-state index contributed by atoms with van der Waals surface area (Å²) in [5.41, 5.74) is 2.41. The van der Waals surface area contributed by atoms with E-state index in [1.54, 1.807) is 11.6 Å². The van der Waals surface area contributed by atoms with E-state index in [9.17, 15) is 9.90 Å². The SMILES string of the molecule is Cc1cc(C)n(-c2ccccc2NC(=O)NCC(C)(O)C(C)C)n1. The van der Waals surface area contributed by atoms with Gasteiger partial charge in [-0.15, -0.1) is 0 Å². The van der Waals surface area contributed by atoms with Gasteiger partial charge >= 0.3 is 6.03 Å². The summed E-state index contributed by atoms with van der Waals surface area (Å²) in [6.07, 6.45) is 0. The van der Waals surface area contributed by atoms with Crippen LogP contribution >= 0.6 is 0 Å². The number of hydrogen-bond donors (Lipinski definition) is 3. The number of benzene rings is 1. The van der Waals surface area contributed by atoms with Crippen LogP contribution in [0, 0.1) is 19.8 Å². The zero-order valence-corrected chi connectivity index (χ0v) is 14.9. The Morgan fingerprint density at radius 3 is 2.58 bits per heavy atom. The smallest absolute Gasteiger partial charge is 0.319 e. The Kier molecular flexibility index (Phi) is 5.29. The highest BCUT2D eigenvalue weighted by molar-refractivity contribution is 5.91. The van der Waals surface area contributed by atoms with Crippen molar-refractivity contribution < 1.29 is 9.90 Å². The summed E-state index contributed by atoms with van der Waals surface area (Å²) in [5, 5.41) is 20.2. The van der Waals surface area contributed by atoms with E-state index < -0.39 is 5.60 Å². The fourth-order valence-electron chi connectivity index (χ4n) is 2.27. The van der Waals surface area contributed by atoms with Crippen LogP contribution in [0.1, 0.15) is 32.2 Å². The minimum atomic E-state index is -0.952. The third kappa shape index (κ3) is 4.14. The second-order valence-electron chi connectivity index (χ2n) is 6.68. The molecule has 1 aromatic heterocycles. The van der Waals surface area contributed by atoms with E-state index in [4.69, 9.17) is 0 Å². The summed E-state index contributed by atoms with van der Waals surface area (Å²) >= 11 is 0. The molecule has 6 heteroatoms. The van der Waals surface area contributed by atoms with Gasteiger partial charge in [-0.1, -0.05) is 26.0 Å². The molecule has 1 aromatic carbocycles. The maximum Gasteiger partial charge on any atom is 0.319 e. The van der Waals surface area contributed by atoms with E-state index in [0.29, 0.717) is 5.69 Å². The second-order valence-corrected chi connectivity index (χ2v) is 6.68. The number of aliphatic hydroxyl groups is 1. The largest absolute Gasteiger partial charge is 0.388 e. The van der Waals surface area contributed by atoms with Gasteiger partial charge in [0.1, 0.15) is 0 Å². The number of anilines is 1. The van der Waals surface area contributed by atoms with E-state index in [2.05, 4.69) is 15.7 Å². The molecular weight excluding hydrogens is 304 g/mol. The van der Waals surface area contributed by atoms with Crippen molar-refractivity contribution in [3.05, 3.63) is 41.7 Å². The Balaban J connectivity index is 2.14. The summed E-state index contributed by atoms with van der Waals surface area (Å²) in [6.45, 7) is 9.62. The number of amides is 2. The molecule has 0 spiro atoms. The first-order valence-corrected chi connectivity index (χ1v) is 8.10. The molecule has 0 radical (unpaired) electrons. The minimum Gasteiger partial charge on any atom is -0.388 e. The van der Waals surface area contributed by atoms with Gasteiger partial charge in [0.25, 0.3) is 0 Å². The zero-order valence-electron chi connectivity index (χ0n) is 14.9. The maximum absolute atomic E-state index is 12.2. The summed E-state index contributed by atoms with van der Waals surface area (Å²) < 4.78 is 1.80. The number of rotatable bonds is 5. The van der Waals surface area contributed by atoms with E-state index in [0.717, 1.165) is 17.1 Å². The molecule has 130 valence electrons. The predicted molar refractivity (Wildman–Crippen MR) is 95.5 cm³/mol. The first-order chi connectivity index (χ1) is 11.2. The van der Waals surface area contributed by atoms with Gasteiger partial charge in [0.05, 0.1) is 22.7 Å². The predicted octanol–water partition coefficient (Wildman–Crippen LogP) is 3.02. The molecule has 0 bridgehead atoms. The van der Waals surface area contributed by atoms with Crippen molar-refractivity contribution in [1.29, 1.82) is 0 Å². The number of aromatic nitrogens is 2. The quantitative estimate of drug-likeness (QED) is 0.788. The van der Waals surface area contributed by atoms with Crippen LogP contribution in [0.15, 0.2) is 30.3 Å². The summed E-state index contributed by atoms with van der Waals surface area (Å²) in [6, 6.07) is 9.11. The van der Waals surface area contributed by atoms with Crippen molar-refractivity contribution in [2.24, 2.45) is 5.92 Å². The molecule has 0 fully saturated rings. The molecule has 0 aliphatic heterocycles. The Hall–Kier alpha value is -2.34. The highest BCUT2D eigenvalue weighted by Gasteiger charge is 2.25. The number of hydrogen-bond acceptors (Lipinski definition) is 3. The maximum atomic E-state index is 12.2. The summed E-state index contributed by atoms with van der Waals surface area (Å²) in [4.78, 5) is 12.2.